The first-order valence-electron chi connectivity index (χ1n) is 11.1. The van der Waals surface area contributed by atoms with Crippen molar-refractivity contribution in [3.63, 3.8) is 0 Å². The van der Waals surface area contributed by atoms with Crippen molar-refractivity contribution in [2.24, 2.45) is 11.8 Å². The molecule has 176 valence electrons. The lowest BCUT2D eigenvalue weighted by Crippen LogP contribution is -2.55. The first kappa shape index (κ1) is 23.8. The number of fused-ring (bicyclic) bond motifs is 1. The summed E-state index contributed by atoms with van der Waals surface area (Å²) in [5.41, 5.74) is 0.695. The highest BCUT2D eigenvalue weighted by molar-refractivity contribution is 5.95. The Morgan fingerprint density at radius 2 is 1.84 bits per heavy atom. The molecule has 0 radical (unpaired) electrons. The number of hydrogen-bond acceptors (Lipinski definition) is 7. The lowest BCUT2D eigenvalue weighted by Gasteiger charge is -2.46. The summed E-state index contributed by atoms with van der Waals surface area (Å²) < 4.78 is 28.9. The second-order valence-corrected chi connectivity index (χ2v) is 8.21. The summed E-state index contributed by atoms with van der Waals surface area (Å²) in [5, 5.41) is 3.37. The summed E-state index contributed by atoms with van der Waals surface area (Å²) in [5.74, 6) is -1.06. The van der Waals surface area contributed by atoms with Crippen LogP contribution in [-0.2, 0) is 19.0 Å². The number of carbonyl (C=O) groups is 3. The average Bonchev–Trinajstić information content (AvgIpc) is 2.79. The summed E-state index contributed by atoms with van der Waals surface area (Å²) in [6, 6.07) is 3.40. The van der Waals surface area contributed by atoms with E-state index < -0.39 is 29.9 Å². The van der Waals surface area contributed by atoms with Crippen molar-refractivity contribution in [1.29, 1.82) is 0 Å². The van der Waals surface area contributed by atoms with Crippen LogP contribution in [0, 0.1) is 17.7 Å². The molecule has 2 aliphatic rings. The zero-order valence-electron chi connectivity index (χ0n) is 18.8. The SMILES string of the molecule is CCOC(=O)c1cc(F)ccc1N[C@H]1CC[C@H]2CN(C(=O)OC)[C@H](C(=O)OCC)C[C@H]2C1. The van der Waals surface area contributed by atoms with Gasteiger partial charge in [0.1, 0.15) is 11.9 Å². The van der Waals surface area contributed by atoms with Crippen molar-refractivity contribution < 1.29 is 33.0 Å². The molecule has 0 aromatic heterocycles. The predicted octanol–water partition coefficient (Wildman–Crippen LogP) is 3.60. The summed E-state index contributed by atoms with van der Waals surface area (Å²) in [7, 11) is 1.31. The number of nitrogens with one attached hydrogen (secondary N) is 1. The van der Waals surface area contributed by atoms with Crippen molar-refractivity contribution in [1.82, 2.24) is 4.90 Å². The largest absolute Gasteiger partial charge is 0.464 e. The Morgan fingerprint density at radius 3 is 2.53 bits per heavy atom. The first-order valence-corrected chi connectivity index (χ1v) is 11.1. The monoisotopic (exact) mass is 450 g/mol. The molecule has 1 heterocycles. The number of amides is 1. The highest BCUT2D eigenvalue weighted by atomic mass is 19.1. The lowest BCUT2D eigenvalue weighted by molar-refractivity contribution is -0.152. The number of benzene rings is 1. The molecule has 1 aromatic rings. The fraction of sp³-hybridized carbons (Fsp3) is 0.609. The molecule has 0 spiro atoms. The van der Waals surface area contributed by atoms with Crippen LogP contribution in [0.25, 0.3) is 0 Å². The molecule has 1 saturated carbocycles. The van der Waals surface area contributed by atoms with Crippen molar-refractivity contribution >= 4 is 23.7 Å². The van der Waals surface area contributed by atoms with Crippen molar-refractivity contribution in [3.05, 3.63) is 29.6 Å². The van der Waals surface area contributed by atoms with Gasteiger partial charge in [-0.15, -0.1) is 0 Å². The Kier molecular flexibility index (Phi) is 7.93. The van der Waals surface area contributed by atoms with Crippen LogP contribution in [0.3, 0.4) is 0 Å². The zero-order chi connectivity index (χ0) is 23.3. The number of anilines is 1. The first-order chi connectivity index (χ1) is 15.4. The highest BCUT2D eigenvalue weighted by Gasteiger charge is 2.44. The van der Waals surface area contributed by atoms with Gasteiger partial charge in [0.25, 0.3) is 0 Å². The van der Waals surface area contributed by atoms with E-state index in [0.717, 1.165) is 19.3 Å². The number of methoxy groups -OCH3 is 1. The van der Waals surface area contributed by atoms with Gasteiger partial charge >= 0.3 is 18.0 Å². The van der Waals surface area contributed by atoms with Crippen LogP contribution in [-0.4, -0.2) is 61.9 Å². The zero-order valence-corrected chi connectivity index (χ0v) is 18.8. The fourth-order valence-electron chi connectivity index (χ4n) is 4.80. The van der Waals surface area contributed by atoms with Crippen LogP contribution in [0.1, 0.15) is 49.9 Å². The number of piperidine rings is 1. The molecular weight excluding hydrogens is 419 g/mol. The van der Waals surface area contributed by atoms with E-state index in [4.69, 9.17) is 14.2 Å². The molecule has 32 heavy (non-hydrogen) atoms. The van der Waals surface area contributed by atoms with Gasteiger partial charge in [-0.25, -0.2) is 18.8 Å². The molecule has 9 heteroatoms. The van der Waals surface area contributed by atoms with Gasteiger partial charge in [-0.1, -0.05) is 0 Å². The molecule has 1 aliphatic heterocycles. The lowest BCUT2D eigenvalue weighted by atomic mass is 9.71. The van der Waals surface area contributed by atoms with Gasteiger partial charge in [0, 0.05) is 18.3 Å². The molecule has 1 aromatic carbocycles. The van der Waals surface area contributed by atoms with Gasteiger partial charge in [0.05, 0.1) is 25.9 Å². The average molecular weight is 451 g/mol. The second-order valence-electron chi connectivity index (χ2n) is 8.21. The van der Waals surface area contributed by atoms with Gasteiger partial charge in [-0.05, 0) is 69.6 Å². The predicted molar refractivity (Wildman–Crippen MR) is 115 cm³/mol. The van der Waals surface area contributed by atoms with Crippen molar-refractivity contribution in [3.8, 4) is 0 Å². The Morgan fingerprint density at radius 1 is 1.09 bits per heavy atom. The number of halogens is 1. The Labute approximate surface area is 187 Å². The third-order valence-corrected chi connectivity index (χ3v) is 6.28. The fourth-order valence-corrected chi connectivity index (χ4v) is 4.80. The molecule has 8 nitrogen and oxygen atoms in total. The quantitative estimate of drug-likeness (QED) is 0.523. The smallest absolute Gasteiger partial charge is 0.410 e. The van der Waals surface area contributed by atoms with E-state index in [2.05, 4.69) is 5.32 Å². The van der Waals surface area contributed by atoms with Crippen LogP contribution >= 0.6 is 0 Å². The summed E-state index contributed by atoms with van der Waals surface area (Å²) in [6.45, 7) is 4.32. The van der Waals surface area contributed by atoms with E-state index in [0.29, 0.717) is 18.7 Å². The maximum absolute atomic E-state index is 13.7. The van der Waals surface area contributed by atoms with Crippen LogP contribution in [0.15, 0.2) is 18.2 Å². The van der Waals surface area contributed by atoms with Gasteiger partial charge in [-0.3, -0.25) is 4.90 Å². The van der Waals surface area contributed by atoms with E-state index in [1.165, 1.54) is 24.1 Å². The number of esters is 2. The summed E-state index contributed by atoms with van der Waals surface area (Å²) in [4.78, 5) is 38.5. The van der Waals surface area contributed by atoms with Crippen molar-refractivity contribution in [2.45, 2.75) is 51.6 Å². The standard InChI is InChI=1S/C23H31FN2O6/c1-4-31-21(27)18-12-16(24)7-9-19(18)25-17-8-6-14-13-26(23(29)30-3)20(11-15(14)10-17)22(28)32-5-2/h7,9,12,14-15,17,20,25H,4-6,8,10-11,13H2,1-3H3/t14-,15+,17-,20-/m0/s1. The van der Waals surface area contributed by atoms with Crippen LogP contribution in [0.5, 0.6) is 0 Å². The molecule has 1 aliphatic carbocycles. The van der Waals surface area contributed by atoms with Gasteiger partial charge in [-0.2, -0.15) is 0 Å². The molecule has 1 amide bonds. The van der Waals surface area contributed by atoms with E-state index in [9.17, 15) is 18.8 Å². The Bertz CT molecular complexity index is 848. The molecule has 0 bridgehead atoms. The molecule has 4 atom stereocenters. The number of carbonyl (C=O) groups excluding carboxylic acids is 3. The topological polar surface area (TPSA) is 94.2 Å². The minimum atomic E-state index is -0.677. The number of likely N-dealkylation sites (tertiary alicyclic amines) is 1. The van der Waals surface area contributed by atoms with Crippen LogP contribution in [0.4, 0.5) is 14.9 Å². The Balaban J connectivity index is 1.73. The van der Waals surface area contributed by atoms with E-state index in [1.54, 1.807) is 19.9 Å². The van der Waals surface area contributed by atoms with Gasteiger partial charge in [0.2, 0.25) is 0 Å². The molecular formula is C23H31FN2O6. The van der Waals surface area contributed by atoms with E-state index in [-0.39, 0.29) is 36.7 Å². The third kappa shape index (κ3) is 5.31. The highest BCUT2D eigenvalue weighted by Crippen LogP contribution is 2.40. The summed E-state index contributed by atoms with van der Waals surface area (Å²) >= 11 is 0. The minimum Gasteiger partial charge on any atom is -0.464 e. The molecule has 1 saturated heterocycles. The maximum Gasteiger partial charge on any atom is 0.410 e. The van der Waals surface area contributed by atoms with Gasteiger partial charge in [0.15, 0.2) is 0 Å². The van der Waals surface area contributed by atoms with E-state index in [1.807, 2.05) is 0 Å². The molecule has 1 N–H and O–H groups in total. The normalized spacial score (nSPS) is 24.8. The second kappa shape index (κ2) is 10.7. The molecule has 3 rings (SSSR count). The molecule has 0 unspecified atom stereocenters. The molecule has 2 fully saturated rings. The van der Waals surface area contributed by atoms with Gasteiger partial charge < -0.3 is 19.5 Å². The van der Waals surface area contributed by atoms with E-state index >= 15 is 0 Å². The third-order valence-electron chi connectivity index (χ3n) is 6.28. The number of hydrogen-bond donors (Lipinski definition) is 1. The number of nitrogens with zero attached hydrogens (tertiary/aromatic N) is 1. The maximum atomic E-state index is 13.7. The summed E-state index contributed by atoms with van der Waals surface area (Å²) in [6.07, 6.45) is 2.40. The van der Waals surface area contributed by atoms with Crippen LogP contribution in [0.2, 0.25) is 0 Å². The van der Waals surface area contributed by atoms with Crippen LogP contribution < -0.4 is 5.32 Å². The van der Waals surface area contributed by atoms with Crippen molar-refractivity contribution in [2.75, 3.05) is 32.2 Å². The Hall–Kier alpha value is -2.84. The number of ether oxygens (including phenoxy) is 3. The minimum absolute atomic E-state index is 0.0439. The number of rotatable bonds is 6.